The molecule has 2 unspecified atom stereocenters. The Kier molecular flexibility index (Phi) is 4.92. The Hall–Kier alpha value is -0.000000000000000111. The molecule has 7 heteroatoms. The van der Waals surface area contributed by atoms with Gasteiger partial charge in [0.05, 0.1) is 15.1 Å². The standard InChI is InChI=1S/C13H16Cl3NO2S/c1-8-4-3-5-9(2)17(8)20(18,19)13-7-11(15)10(14)6-12(13)16/h6-9H,3-5H2,1-2H3. The van der Waals surface area contributed by atoms with Crippen LogP contribution in [0.15, 0.2) is 17.0 Å². The van der Waals surface area contributed by atoms with Crippen LogP contribution in [0.4, 0.5) is 0 Å². The number of hydrogen-bond acceptors (Lipinski definition) is 2. The fraction of sp³-hybridized carbons (Fsp3) is 0.538. The van der Waals surface area contributed by atoms with Crippen molar-refractivity contribution in [3.05, 3.63) is 27.2 Å². The normalized spacial score (nSPS) is 24.9. The second-order valence-electron chi connectivity index (χ2n) is 5.16. The van der Waals surface area contributed by atoms with Gasteiger partial charge in [-0.15, -0.1) is 0 Å². The Labute approximate surface area is 134 Å². The number of halogens is 3. The van der Waals surface area contributed by atoms with E-state index in [0.717, 1.165) is 19.3 Å². The molecule has 0 radical (unpaired) electrons. The quantitative estimate of drug-likeness (QED) is 0.726. The first-order valence-electron chi connectivity index (χ1n) is 6.43. The first-order valence-corrected chi connectivity index (χ1v) is 9.00. The van der Waals surface area contributed by atoms with Gasteiger partial charge in [0.2, 0.25) is 10.0 Å². The largest absolute Gasteiger partial charge is 0.245 e. The van der Waals surface area contributed by atoms with Gasteiger partial charge in [0.1, 0.15) is 4.90 Å². The van der Waals surface area contributed by atoms with Gasteiger partial charge in [0.15, 0.2) is 0 Å². The van der Waals surface area contributed by atoms with Crippen molar-refractivity contribution in [1.29, 1.82) is 0 Å². The highest BCUT2D eigenvalue weighted by Crippen LogP contribution is 2.36. The lowest BCUT2D eigenvalue weighted by atomic mass is 10.0. The number of rotatable bonds is 2. The zero-order chi connectivity index (χ0) is 15.1. The van der Waals surface area contributed by atoms with Gasteiger partial charge >= 0.3 is 0 Å². The molecule has 0 aliphatic carbocycles. The summed E-state index contributed by atoms with van der Waals surface area (Å²) in [6.45, 7) is 3.83. The summed E-state index contributed by atoms with van der Waals surface area (Å²) in [5.41, 5.74) is 0. The monoisotopic (exact) mass is 355 g/mol. The van der Waals surface area contributed by atoms with Gasteiger partial charge in [-0.05, 0) is 38.8 Å². The summed E-state index contributed by atoms with van der Waals surface area (Å²) >= 11 is 17.8. The molecule has 0 aromatic heterocycles. The second kappa shape index (κ2) is 6.01. The second-order valence-corrected chi connectivity index (χ2v) is 8.19. The van der Waals surface area contributed by atoms with Crippen LogP contribution in [0.25, 0.3) is 0 Å². The molecule has 2 rings (SSSR count). The first kappa shape index (κ1) is 16.4. The van der Waals surface area contributed by atoms with Gasteiger partial charge in [-0.25, -0.2) is 8.42 Å². The number of piperidine rings is 1. The fourth-order valence-corrected chi connectivity index (χ4v) is 5.55. The highest BCUT2D eigenvalue weighted by Gasteiger charge is 2.37. The predicted molar refractivity (Wildman–Crippen MR) is 83.3 cm³/mol. The van der Waals surface area contributed by atoms with E-state index in [1.54, 1.807) is 0 Å². The highest BCUT2D eigenvalue weighted by atomic mass is 35.5. The molecule has 112 valence electrons. The van der Waals surface area contributed by atoms with E-state index in [1.165, 1.54) is 16.4 Å². The summed E-state index contributed by atoms with van der Waals surface area (Å²) < 4.78 is 27.2. The molecule has 0 spiro atoms. The Morgan fingerprint density at radius 3 is 2.05 bits per heavy atom. The Morgan fingerprint density at radius 2 is 1.50 bits per heavy atom. The number of hydrogen-bond donors (Lipinski definition) is 0. The van der Waals surface area contributed by atoms with Crippen LogP contribution in [0, 0.1) is 0 Å². The van der Waals surface area contributed by atoms with Crippen molar-refractivity contribution in [2.45, 2.75) is 50.1 Å². The molecule has 20 heavy (non-hydrogen) atoms. The molecule has 1 fully saturated rings. The van der Waals surface area contributed by atoms with Crippen LogP contribution in [-0.2, 0) is 10.0 Å². The molecule has 1 aliphatic heterocycles. The Bertz CT molecular complexity index is 608. The van der Waals surface area contributed by atoms with Gasteiger partial charge in [-0.1, -0.05) is 41.2 Å². The molecule has 1 heterocycles. The minimum absolute atomic E-state index is 0.0224. The van der Waals surface area contributed by atoms with Gasteiger partial charge in [-0.2, -0.15) is 4.31 Å². The minimum Gasteiger partial charge on any atom is -0.207 e. The highest BCUT2D eigenvalue weighted by molar-refractivity contribution is 7.89. The molecule has 0 amide bonds. The van der Waals surface area contributed by atoms with E-state index >= 15 is 0 Å². The van der Waals surface area contributed by atoms with Crippen LogP contribution >= 0.6 is 34.8 Å². The van der Waals surface area contributed by atoms with Crippen molar-refractivity contribution in [1.82, 2.24) is 4.31 Å². The smallest absolute Gasteiger partial charge is 0.207 e. The molecule has 0 bridgehead atoms. The predicted octanol–water partition coefficient (Wildman–Crippen LogP) is 4.60. The summed E-state index contributed by atoms with van der Waals surface area (Å²) in [5, 5.41) is 0.534. The number of benzene rings is 1. The summed E-state index contributed by atoms with van der Waals surface area (Å²) in [5.74, 6) is 0. The lowest BCUT2D eigenvalue weighted by molar-refractivity contribution is 0.204. The van der Waals surface area contributed by atoms with Gasteiger partial charge in [-0.3, -0.25) is 0 Å². The maximum atomic E-state index is 12.8. The van der Waals surface area contributed by atoms with Crippen molar-refractivity contribution in [3.8, 4) is 0 Å². The zero-order valence-corrected chi connectivity index (χ0v) is 14.3. The van der Waals surface area contributed by atoms with Crippen molar-refractivity contribution in [2.75, 3.05) is 0 Å². The van der Waals surface area contributed by atoms with Gasteiger partial charge in [0.25, 0.3) is 0 Å². The molecule has 0 N–H and O–H groups in total. The third-order valence-electron chi connectivity index (χ3n) is 3.64. The average molecular weight is 357 g/mol. The Balaban J connectivity index is 2.52. The average Bonchev–Trinajstić information content (AvgIpc) is 2.33. The maximum Gasteiger partial charge on any atom is 0.245 e. The molecular weight excluding hydrogens is 341 g/mol. The van der Waals surface area contributed by atoms with E-state index in [9.17, 15) is 8.42 Å². The van der Waals surface area contributed by atoms with Crippen LogP contribution in [-0.4, -0.2) is 24.8 Å². The van der Waals surface area contributed by atoms with Crippen LogP contribution in [0.2, 0.25) is 15.1 Å². The lowest BCUT2D eigenvalue weighted by Crippen LogP contribution is -2.47. The molecule has 2 atom stereocenters. The third-order valence-corrected chi connectivity index (χ3v) is 6.96. The summed E-state index contributed by atoms with van der Waals surface area (Å²) in [6, 6.07) is 2.61. The summed E-state index contributed by atoms with van der Waals surface area (Å²) in [7, 11) is -3.67. The molecule has 1 aromatic carbocycles. The van der Waals surface area contributed by atoms with Crippen LogP contribution < -0.4 is 0 Å². The Morgan fingerprint density at radius 1 is 1.00 bits per heavy atom. The SMILES string of the molecule is CC1CCCC(C)N1S(=O)(=O)c1cc(Cl)c(Cl)cc1Cl. The molecule has 0 saturated carbocycles. The van der Waals surface area contributed by atoms with Crippen molar-refractivity contribution in [3.63, 3.8) is 0 Å². The molecule has 1 aliphatic rings. The third kappa shape index (κ3) is 2.95. The van der Waals surface area contributed by atoms with E-state index in [2.05, 4.69) is 0 Å². The lowest BCUT2D eigenvalue weighted by Gasteiger charge is -2.37. The summed E-state index contributed by atoms with van der Waals surface area (Å²) in [4.78, 5) is 0.0224. The topological polar surface area (TPSA) is 37.4 Å². The maximum absolute atomic E-state index is 12.8. The van der Waals surface area contributed by atoms with Crippen LogP contribution in [0.3, 0.4) is 0 Å². The van der Waals surface area contributed by atoms with E-state index < -0.39 is 10.0 Å². The van der Waals surface area contributed by atoms with Gasteiger partial charge in [0, 0.05) is 12.1 Å². The van der Waals surface area contributed by atoms with Crippen molar-refractivity contribution in [2.24, 2.45) is 0 Å². The van der Waals surface area contributed by atoms with Crippen LogP contribution in [0.1, 0.15) is 33.1 Å². The summed E-state index contributed by atoms with van der Waals surface area (Å²) in [6.07, 6.45) is 2.73. The molecule has 1 saturated heterocycles. The van der Waals surface area contributed by atoms with Crippen molar-refractivity contribution < 1.29 is 8.42 Å². The number of sulfonamides is 1. The fourth-order valence-electron chi connectivity index (χ4n) is 2.69. The minimum atomic E-state index is -3.67. The van der Waals surface area contributed by atoms with E-state index in [0.29, 0.717) is 0 Å². The molecule has 3 nitrogen and oxygen atoms in total. The van der Waals surface area contributed by atoms with E-state index in [-0.39, 0.29) is 32.0 Å². The zero-order valence-electron chi connectivity index (χ0n) is 11.2. The molecule has 1 aromatic rings. The number of nitrogens with zero attached hydrogens (tertiary/aromatic N) is 1. The molecular formula is C13H16Cl3NO2S. The van der Waals surface area contributed by atoms with E-state index in [1.807, 2.05) is 13.8 Å². The van der Waals surface area contributed by atoms with Crippen molar-refractivity contribution >= 4 is 44.8 Å². The van der Waals surface area contributed by atoms with E-state index in [4.69, 9.17) is 34.8 Å². The first-order chi connectivity index (χ1) is 9.25. The van der Waals surface area contributed by atoms with Gasteiger partial charge < -0.3 is 0 Å². The van der Waals surface area contributed by atoms with Crippen LogP contribution in [0.5, 0.6) is 0 Å².